The van der Waals surface area contributed by atoms with Gasteiger partial charge in [-0.3, -0.25) is 9.69 Å². The van der Waals surface area contributed by atoms with E-state index in [9.17, 15) is 9.90 Å². The molecule has 2 N–H and O–H groups in total. The number of aromatic amines is 1. The van der Waals surface area contributed by atoms with E-state index in [-0.39, 0.29) is 24.1 Å². The molecule has 10 nitrogen and oxygen atoms in total. The molecule has 36 heavy (non-hydrogen) atoms. The van der Waals surface area contributed by atoms with Crippen LogP contribution in [-0.4, -0.2) is 61.6 Å². The van der Waals surface area contributed by atoms with Crippen LogP contribution in [0.1, 0.15) is 75.8 Å². The fourth-order valence-corrected chi connectivity index (χ4v) is 5.58. The van der Waals surface area contributed by atoms with E-state index in [1.165, 1.54) is 19.3 Å². The SMILES string of the molecule is CC(C)[C@H](c1nnnn1C1CCCCC1)N(CCCO)Cc1cc2cc3c(cc2[nH]c1=O)OCCO3. The molecular formula is C26H36N6O4. The van der Waals surface area contributed by atoms with Gasteiger partial charge in [0.25, 0.3) is 5.56 Å². The van der Waals surface area contributed by atoms with E-state index in [0.29, 0.717) is 55.8 Å². The highest BCUT2D eigenvalue weighted by molar-refractivity contribution is 5.83. The number of pyridine rings is 1. The highest BCUT2D eigenvalue weighted by atomic mass is 16.6. The van der Waals surface area contributed by atoms with Crippen molar-refractivity contribution in [3.8, 4) is 11.5 Å². The zero-order valence-corrected chi connectivity index (χ0v) is 21.2. The average molecular weight is 497 g/mol. The van der Waals surface area contributed by atoms with Gasteiger partial charge in [-0.05, 0) is 47.7 Å². The Morgan fingerprint density at radius 1 is 1.14 bits per heavy atom. The molecule has 10 heteroatoms. The molecule has 1 aliphatic carbocycles. The van der Waals surface area contributed by atoms with Crippen LogP contribution in [0.25, 0.3) is 10.9 Å². The second kappa shape index (κ2) is 11.0. The fourth-order valence-electron chi connectivity index (χ4n) is 5.58. The number of H-pyrrole nitrogens is 1. The summed E-state index contributed by atoms with van der Waals surface area (Å²) in [5, 5.41) is 23.5. The Bertz CT molecular complexity index is 1230. The van der Waals surface area contributed by atoms with Gasteiger partial charge in [0.2, 0.25) is 0 Å². The fraction of sp³-hybridized carbons (Fsp3) is 0.615. The summed E-state index contributed by atoms with van der Waals surface area (Å²) in [5.41, 5.74) is 1.23. The van der Waals surface area contributed by atoms with Gasteiger partial charge in [0.15, 0.2) is 17.3 Å². The molecule has 0 amide bonds. The van der Waals surface area contributed by atoms with Crippen molar-refractivity contribution in [2.45, 2.75) is 71.0 Å². The van der Waals surface area contributed by atoms with Crippen molar-refractivity contribution in [1.29, 1.82) is 0 Å². The lowest BCUT2D eigenvalue weighted by molar-refractivity contribution is 0.118. The summed E-state index contributed by atoms with van der Waals surface area (Å²) in [6.45, 7) is 6.44. The lowest BCUT2D eigenvalue weighted by Gasteiger charge is -2.34. The second-order valence-electron chi connectivity index (χ2n) is 10.2. The van der Waals surface area contributed by atoms with Gasteiger partial charge in [-0.2, -0.15) is 0 Å². The van der Waals surface area contributed by atoms with Crippen LogP contribution in [0.5, 0.6) is 11.5 Å². The summed E-state index contributed by atoms with van der Waals surface area (Å²) in [7, 11) is 0. The minimum atomic E-state index is -0.137. The first-order valence-electron chi connectivity index (χ1n) is 13.1. The Kier molecular flexibility index (Phi) is 7.52. The number of tetrazole rings is 1. The highest BCUT2D eigenvalue weighted by Gasteiger charge is 2.32. The van der Waals surface area contributed by atoms with Crippen LogP contribution in [-0.2, 0) is 6.54 Å². The van der Waals surface area contributed by atoms with Gasteiger partial charge < -0.3 is 19.6 Å². The van der Waals surface area contributed by atoms with Crippen molar-refractivity contribution in [1.82, 2.24) is 30.1 Å². The number of aromatic nitrogens is 5. The molecule has 1 atom stereocenters. The normalized spacial score (nSPS) is 17.2. The molecule has 1 saturated carbocycles. The van der Waals surface area contributed by atoms with Crippen LogP contribution in [0, 0.1) is 5.92 Å². The van der Waals surface area contributed by atoms with Crippen LogP contribution in [0.3, 0.4) is 0 Å². The molecule has 0 spiro atoms. The zero-order valence-electron chi connectivity index (χ0n) is 21.2. The van der Waals surface area contributed by atoms with Crippen LogP contribution in [0.2, 0.25) is 0 Å². The summed E-state index contributed by atoms with van der Waals surface area (Å²) in [4.78, 5) is 18.4. The summed E-state index contributed by atoms with van der Waals surface area (Å²) >= 11 is 0. The van der Waals surface area contributed by atoms with Crippen molar-refractivity contribution in [2.24, 2.45) is 5.92 Å². The third-order valence-electron chi connectivity index (χ3n) is 7.29. The van der Waals surface area contributed by atoms with Crippen LogP contribution < -0.4 is 15.0 Å². The van der Waals surface area contributed by atoms with E-state index in [1.54, 1.807) is 0 Å². The largest absolute Gasteiger partial charge is 0.486 e. The quantitative estimate of drug-likeness (QED) is 0.463. The molecule has 2 aliphatic rings. The van der Waals surface area contributed by atoms with E-state index in [1.807, 2.05) is 22.9 Å². The van der Waals surface area contributed by atoms with E-state index < -0.39 is 0 Å². The van der Waals surface area contributed by atoms with E-state index in [4.69, 9.17) is 9.47 Å². The van der Waals surface area contributed by atoms with E-state index in [0.717, 1.165) is 29.6 Å². The zero-order chi connectivity index (χ0) is 25.1. The van der Waals surface area contributed by atoms with Gasteiger partial charge in [0.05, 0.1) is 17.6 Å². The Labute approximate surface area is 210 Å². The Hall–Kier alpha value is -2.98. The third-order valence-corrected chi connectivity index (χ3v) is 7.29. The molecule has 0 unspecified atom stereocenters. The van der Waals surface area contributed by atoms with E-state index >= 15 is 0 Å². The van der Waals surface area contributed by atoms with Crippen LogP contribution in [0.15, 0.2) is 23.0 Å². The molecular weight excluding hydrogens is 460 g/mol. The maximum atomic E-state index is 13.2. The number of nitrogens with one attached hydrogen (secondary N) is 1. The monoisotopic (exact) mass is 496 g/mol. The minimum absolute atomic E-state index is 0.0758. The summed E-state index contributed by atoms with van der Waals surface area (Å²) < 4.78 is 13.4. The molecule has 0 bridgehead atoms. The number of rotatable bonds is 9. The lowest BCUT2D eigenvalue weighted by Crippen LogP contribution is -2.37. The molecule has 1 aliphatic heterocycles. The predicted molar refractivity (Wildman–Crippen MR) is 135 cm³/mol. The summed E-state index contributed by atoms with van der Waals surface area (Å²) in [5.74, 6) is 2.38. The van der Waals surface area contributed by atoms with Gasteiger partial charge in [0.1, 0.15) is 13.2 Å². The molecule has 1 aromatic carbocycles. The molecule has 0 radical (unpaired) electrons. The third kappa shape index (κ3) is 5.10. The standard InChI is InChI=1S/C26H36N6O4/c1-17(2)24(25-28-29-30-32(25)20-7-4-3-5-8-20)31(9-6-10-33)16-19-13-18-14-22-23(36-12-11-35-22)15-21(18)27-26(19)34/h13-15,17,20,24,33H,3-12,16H2,1-2H3,(H,27,34)/t24-/m1/s1. The number of benzene rings is 1. The molecule has 3 aromatic rings. The molecule has 3 heterocycles. The van der Waals surface area contributed by atoms with Crippen molar-refractivity contribution >= 4 is 10.9 Å². The van der Waals surface area contributed by atoms with Crippen molar-refractivity contribution in [2.75, 3.05) is 26.4 Å². The Morgan fingerprint density at radius 2 is 1.89 bits per heavy atom. The number of fused-ring (bicyclic) bond motifs is 2. The molecule has 5 rings (SSSR count). The first-order chi connectivity index (χ1) is 17.5. The van der Waals surface area contributed by atoms with Crippen LogP contribution >= 0.6 is 0 Å². The highest BCUT2D eigenvalue weighted by Crippen LogP contribution is 2.35. The maximum Gasteiger partial charge on any atom is 0.252 e. The Balaban J connectivity index is 1.49. The number of ether oxygens (including phenoxy) is 2. The predicted octanol–water partition coefficient (Wildman–Crippen LogP) is 3.37. The number of nitrogens with zero attached hydrogens (tertiary/aromatic N) is 5. The van der Waals surface area contributed by atoms with Gasteiger partial charge in [0, 0.05) is 36.7 Å². The second-order valence-corrected chi connectivity index (χ2v) is 10.2. The van der Waals surface area contributed by atoms with Gasteiger partial charge in [-0.15, -0.1) is 5.10 Å². The van der Waals surface area contributed by atoms with Crippen molar-refractivity contribution in [3.63, 3.8) is 0 Å². The average Bonchev–Trinajstić information content (AvgIpc) is 3.36. The molecule has 1 fully saturated rings. The molecule has 2 aromatic heterocycles. The summed E-state index contributed by atoms with van der Waals surface area (Å²) in [6, 6.07) is 5.89. The number of hydrogen-bond acceptors (Lipinski definition) is 8. The molecule has 194 valence electrons. The molecule has 0 saturated heterocycles. The van der Waals surface area contributed by atoms with Crippen molar-refractivity contribution in [3.05, 3.63) is 39.9 Å². The smallest absolute Gasteiger partial charge is 0.252 e. The van der Waals surface area contributed by atoms with Gasteiger partial charge in [-0.25, -0.2) is 4.68 Å². The van der Waals surface area contributed by atoms with Crippen molar-refractivity contribution < 1.29 is 14.6 Å². The summed E-state index contributed by atoms with van der Waals surface area (Å²) in [6.07, 6.45) is 6.40. The lowest BCUT2D eigenvalue weighted by atomic mass is 9.94. The first-order valence-corrected chi connectivity index (χ1v) is 13.1. The van der Waals surface area contributed by atoms with Crippen LogP contribution in [0.4, 0.5) is 0 Å². The Morgan fingerprint density at radius 3 is 2.61 bits per heavy atom. The topological polar surface area (TPSA) is 118 Å². The maximum absolute atomic E-state index is 13.2. The minimum Gasteiger partial charge on any atom is -0.486 e. The first kappa shape index (κ1) is 24.7. The number of aliphatic hydroxyl groups is 1. The van der Waals surface area contributed by atoms with Gasteiger partial charge >= 0.3 is 0 Å². The number of aliphatic hydroxyl groups excluding tert-OH is 1. The van der Waals surface area contributed by atoms with Gasteiger partial charge in [-0.1, -0.05) is 33.1 Å². The van der Waals surface area contributed by atoms with E-state index in [2.05, 4.69) is 39.3 Å². The number of hydrogen-bond donors (Lipinski definition) is 2.